The summed E-state index contributed by atoms with van der Waals surface area (Å²) in [5.41, 5.74) is -3.49. The van der Waals surface area contributed by atoms with E-state index >= 15 is 0 Å². The summed E-state index contributed by atoms with van der Waals surface area (Å²) in [6, 6.07) is 0.938. The first kappa shape index (κ1) is 12.8. The van der Waals surface area contributed by atoms with Crippen molar-refractivity contribution in [3.05, 3.63) is 24.0 Å². The van der Waals surface area contributed by atoms with Crippen LogP contribution in [-0.2, 0) is 5.60 Å². The van der Waals surface area contributed by atoms with Crippen LogP contribution >= 0.6 is 0 Å². The molecule has 1 aromatic heterocycles. The predicted molar refractivity (Wildman–Crippen MR) is 48.5 cm³/mol. The quantitative estimate of drug-likeness (QED) is 0.757. The molecule has 0 aliphatic rings. The van der Waals surface area contributed by atoms with Gasteiger partial charge in [-0.25, -0.2) is 0 Å². The second-order valence-corrected chi connectivity index (χ2v) is 3.20. The molecule has 1 aromatic rings. The molecule has 87 valence electrons. The van der Waals surface area contributed by atoms with E-state index in [9.17, 15) is 18.3 Å². The Kier molecular flexibility index (Phi) is 3.44. The molecule has 1 rings (SSSR count). The van der Waals surface area contributed by atoms with E-state index in [-0.39, 0.29) is 5.75 Å². The van der Waals surface area contributed by atoms with Gasteiger partial charge in [-0.15, -0.1) is 0 Å². The lowest BCUT2D eigenvalue weighted by atomic mass is 9.97. The Morgan fingerprint density at radius 2 is 2.00 bits per heavy atom. The fourth-order valence-corrected chi connectivity index (χ4v) is 0.974. The van der Waals surface area contributed by atoms with Gasteiger partial charge in [-0.1, -0.05) is 0 Å². The molecule has 0 aromatic carbocycles. The Morgan fingerprint density at radius 3 is 2.50 bits per heavy atom. The molecule has 0 saturated heterocycles. The summed E-state index contributed by atoms with van der Waals surface area (Å²) in [5.74, 6) is -0.107. The van der Waals surface area contributed by atoms with Crippen molar-refractivity contribution < 1.29 is 28.0 Å². The molecule has 1 radical (unpaired) electrons. The average Bonchev–Trinajstić information content (AvgIpc) is 2.17. The zero-order valence-corrected chi connectivity index (χ0v) is 8.19. The summed E-state index contributed by atoms with van der Waals surface area (Å²) in [5, 5.41) is 17.6. The van der Waals surface area contributed by atoms with Crippen molar-refractivity contribution in [2.75, 3.05) is 0 Å². The van der Waals surface area contributed by atoms with Crippen LogP contribution in [-0.4, -0.2) is 29.0 Å². The lowest BCUT2D eigenvalue weighted by molar-refractivity contribution is -0.259. The van der Waals surface area contributed by atoms with Crippen molar-refractivity contribution in [2.24, 2.45) is 0 Å². The summed E-state index contributed by atoms with van der Waals surface area (Å²) < 4.78 is 41.8. The maximum atomic E-state index is 12.5. The third-order valence-electron chi connectivity index (χ3n) is 2.02. The molecular weight excluding hydrogens is 226 g/mol. The third kappa shape index (κ3) is 2.45. The van der Waals surface area contributed by atoms with E-state index in [0.717, 1.165) is 18.5 Å². The molecule has 0 bridgehead atoms. The van der Waals surface area contributed by atoms with Gasteiger partial charge in [-0.3, -0.25) is 4.98 Å². The standard InChI is InChI=1S/C8H8BF3NO3/c1-7(14,8(10,11)12)5-2-6(16-9-15)4-13-3-5/h2-4,14-15H,1H3. The molecular formula is C8H8BF3NO3. The van der Waals surface area contributed by atoms with Crippen molar-refractivity contribution in [1.29, 1.82) is 0 Å². The Balaban J connectivity index is 3.08. The minimum absolute atomic E-state index is 0.107. The largest absolute Gasteiger partial charge is 0.569 e. The van der Waals surface area contributed by atoms with Crippen molar-refractivity contribution >= 4 is 7.69 Å². The fraction of sp³-hybridized carbons (Fsp3) is 0.375. The summed E-state index contributed by atoms with van der Waals surface area (Å²) in [6.07, 6.45) is -2.85. The van der Waals surface area contributed by atoms with Gasteiger partial charge in [0.2, 0.25) is 0 Å². The number of aliphatic hydroxyl groups is 1. The van der Waals surface area contributed by atoms with Crippen LogP contribution in [0.4, 0.5) is 13.2 Å². The van der Waals surface area contributed by atoms with Crippen LogP contribution in [0.15, 0.2) is 18.5 Å². The maximum Gasteiger partial charge on any atom is 0.569 e. The van der Waals surface area contributed by atoms with Crippen molar-refractivity contribution in [3.63, 3.8) is 0 Å². The number of alkyl halides is 3. The second kappa shape index (κ2) is 4.30. The van der Waals surface area contributed by atoms with E-state index in [2.05, 4.69) is 9.64 Å². The molecule has 0 spiro atoms. The van der Waals surface area contributed by atoms with Gasteiger partial charge in [0.15, 0.2) is 5.60 Å². The van der Waals surface area contributed by atoms with Gasteiger partial charge in [0.05, 0.1) is 6.20 Å². The number of hydrogen-bond acceptors (Lipinski definition) is 4. The van der Waals surface area contributed by atoms with Gasteiger partial charge in [0.25, 0.3) is 0 Å². The molecule has 0 amide bonds. The Hall–Kier alpha value is -1.28. The molecule has 0 aliphatic carbocycles. The molecule has 1 atom stereocenters. The zero-order valence-electron chi connectivity index (χ0n) is 8.19. The highest BCUT2D eigenvalue weighted by Crippen LogP contribution is 2.38. The van der Waals surface area contributed by atoms with Crippen LogP contribution in [0, 0.1) is 0 Å². The predicted octanol–water partition coefficient (Wildman–Crippen LogP) is 0.757. The van der Waals surface area contributed by atoms with Crippen LogP contribution in [0.3, 0.4) is 0 Å². The minimum atomic E-state index is -4.82. The first-order chi connectivity index (χ1) is 7.29. The lowest BCUT2D eigenvalue weighted by Crippen LogP contribution is -2.39. The summed E-state index contributed by atoms with van der Waals surface area (Å²) in [6.45, 7) is 0.608. The highest BCUT2D eigenvalue weighted by molar-refractivity contribution is 6.17. The normalized spacial score (nSPS) is 15.4. The number of nitrogens with zero attached hydrogens (tertiary/aromatic N) is 1. The first-order valence-electron chi connectivity index (χ1n) is 4.16. The summed E-state index contributed by atoms with van der Waals surface area (Å²) in [4.78, 5) is 3.47. The molecule has 4 nitrogen and oxygen atoms in total. The number of rotatable bonds is 3. The molecule has 8 heteroatoms. The SMILES string of the molecule is CC(O)(c1cncc(O[B]O)c1)C(F)(F)F. The molecule has 0 fully saturated rings. The zero-order chi connectivity index (χ0) is 12.4. The Bertz CT molecular complexity index is 370. The van der Waals surface area contributed by atoms with E-state index in [0.29, 0.717) is 14.6 Å². The van der Waals surface area contributed by atoms with Crippen molar-refractivity contribution in [2.45, 2.75) is 18.7 Å². The van der Waals surface area contributed by atoms with Gasteiger partial charge in [0.1, 0.15) is 5.75 Å². The molecule has 1 unspecified atom stereocenters. The van der Waals surface area contributed by atoms with Gasteiger partial charge in [0, 0.05) is 11.8 Å². The van der Waals surface area contributed by atoms with Crippen LogP contribution in [0.5, 0.6) is 5.75 Å². The first-order valence-corrected chi connectivity index (χ1v) is 4.16. The third-order valence-corrected chi connectivity index (χ3v) is 2.02. The average molecular weight is 234 g/mol. The molecule has 0 aliphatic heterocycles. The summed E-state index contributed by atoms with van der Waals surface area (Å²) in [7, 11) is 0.309. The van der Waals surface area contributed by atoms with Gasteiger partial charge in [-0.05, 0) is 13.0 Å². The van der Waals surface area contributed by atoms with Crippen molar-refractivity contribution in [1.82, 2.24) is 4.98 Å². The highest BCUT2D eigenvalue weighted by atomic mass is 19.4. The van der Waals surface area contributed by atoms with Crippen LogP contribution < -0.4 is 4.65 Å². The van der Waals surface area contributed by atoms with Crippen LogP contribution in [0.25, 0.3) is 0 Å². The topological polar surface area (TPSA) is 62.6 Å². The van der Waals surface area contributed by atoms with E-state index in [1.807, 2.05) is 0 Å². The lowest BCUT2D eigenvalue weighted by Gasteiger charge is -2.26. The molecule has 2 N–H and O–H groups in total. The van der Waals surface area contributed by atoms with E-state index in [1.54, 1.807) is 0 Å². The van der Waals surface area contributed by atoms with E-state index in [4.69, 9.17) is 5.02 Å². The highest BCUT2D eigenvalue weighted by Gasteiger charge is 2.51. The van der Waals surface area contributed by atoms with Crippen LogP contribution in [0.2, 0.25) is 0 Å². The number of pyridine rings is 1. The minimum Gasteiger partial charge on any atom is -0.536 e. The molecule has 0 saturated carbocycles. The van der Waals surface area contributed by atoms with E-state index in [1.165, 1.54) is 0 Å². The number of hydrogen-bond donors (Lipinski definition) is 2. The summed E-state index contributed by atoms with van der Waals surface area (Å²) >= 11 is 0. The van der Waals surface area contributed by atoms with Gasteiger partial charge in [-0.2, -0.15) is 13.2 Å². The molecule has 1 heterocycles. The van der Waals surface area contributed by atoms with Gasteiger partial charge >= 0.3 is 13.9 Å². The fourth-order valence-electron chi connectivity index (χ4n) is 0.974. The second-order valence-electron chi connectivity index (χ2n) is 3.20. The van der Waals surface area contributed by atoms with Crippen molar-refractivity contribution in [3.8, 4) is 5.75 Å². The van der Waals surface area contributed by atoms with Gasteiger partial charge < -0.3 is 14.8 Å². The van der Waals surface area contributed by atoms with Crippen LogP contribution in [0.1, 0.15) is 12.5 Å². The Morgan fingerprint density at radius 1 is 1.38 bits per heavy atom. The number of aromatic nitrogens is 1. The van der Waals surface area contributed by atoms with E-state index < -0.39 is 17.3 Å². The monoisotopic (exact) mass is 234 g/mol. The smallest absolute Gasteiger partial charge is 0.536 e. The number of halogens is 3. The Labute approximate surface area is 90.0 Å². The molecule has 16 heavy (non-hydrogen) atoms. The maximum absolute atomic E-state index is 12.5.